The maximum atomic E-state index is 11.9. The molecule has 1 aliphatic carbocycles. The van der Waals surface area contributed by atoms with E-state index in [1.165, 1.54) is 7.11 Å². The Hall–Kier alpha value is -0.780. The first-order valence-electron chi connectivity index (χ1n) is 5.68. The smallest absolute Gasteiger partial charge is 0.399 e. The number of nitrogens with zero attached hydrogens (tertiary/aromatic N) is 1. The van der Waals surface area contributed by atoms with E-state index in [-0.39, 0.29) is 12.2 Å². The van der Waals surface area contributed by atoms with Crippen LogP contribution in [0.25, 0.3) is 0 Å². The molecule has 0 unspecified atom stereocenters. The van der Waals surface area contributed by atoms with Gasteiger partial charge in [0, 0.05) is 0 Å². The lowest BCUT2D eigenvalue weighted by Crippen LogP contribution is -2.42. The molecule has 1 saturated carbocycles. The average molecular weight is 247 g/mol. The molecular formula is C10H17NO4S. The zero-order valence-electron chi connectivity index (χ0n) is 9.39. The predicted octanol–water partition coefficient (Wildman–Crippen LogP) is 1.44. The highest BCUT2D eigenvalue weighted by atomic mass is 32.2. The van der Waals surface area contributed by atoms with Crippen LogP contribution in [-0.2, 0) is 19.5 Å². The number of ether oxygens (including phenoxy) is 2. The van der Waals surface area contributed by atoms with Gasteiger partial charge in [-0.25, -0.2) is 8.42 Å². The monoisotopic (exact) mass is 247 g/mol. The molecule has 2 atom stereocenters. The molecule has 0 bridgehead atoms. The summed E-state index contributed by atoms with van der Waals surface area (Å²) in [4.78, 5) is 0. The fourth-order valence-corrected chi connectivity index (χ4v) is 3.80. The van der Waals surface area contributed by atoms with Gasteiger partial charge in [-0.15, -0.1) is 0 Å². The first kappa shape index (κ1) is 11.7. The maximum Gasteiger partial charge on any atom is 0.399 e. The van der Waals surface area contributed by atoms with Crippen molar-refractivity contribution in [2.45, 2.75) is 49.9 Å². The highest BCUT2D eigenvalue weighted by Gasteiger charge is 2.40. The van der Waals surface area contributed by atoms with E-state index >= 15 is 0 Å². The number of hydrogen-bond donors (Lipinski definition) is 0. The Bertz CT molecular complexity index is 376. The zero-order valence-corrected chi connectivity index (χ0v) is 10.2. The van der Waals surface area contributed by atoms with Crippen molar-refractivity contribution in [3.8, 4) is 0 Å². The first-order chi connectivity index (χ1) is 7.63. The molecule has 0 spiro atoms. The Morgan fingerprint density at radius 3 is 2.62 bits per heavy atom. The largest absolute Gasteiger partial charge is 0.453 e. The standard InChI is InChI=1S/C10H17NO4S/c1-14-10-11-16(12,13)9-7-5-3-2-4-6-8(9)15-10/h8-9H,2-7H2,1H3/t8-,9-/m1/s1. The number of hydrogen-bond acceptors (Lipinski definition) is 4. The molecule has 1 fully saturated rings. The third-order valence-electron chi connectivity index (χ3n) is 3.15. The van der Waals surface area contributed by atoms with Crippen LogP contribution >= 0.6 is 0 Å². The van der Waals surface area contributed by atoms with Crippen molar-refractivity contribution in [3.63, 3.8) is 0 Å². The van der Waals surface area contributed by atoms with Gasteiger partial charge >= 0.3 is 6.08 Å². The van der Waals surface area contributed by atoms with E-state index in [2.05, 4.69) is 4.40 Å². The van der Waals surface area contributed by atoms with Crippen molar-refractivity contribution in [2.75, 3.05) is 7.11 Å². The van der Waals surface area contributed by atoms with Gasteiger partial charge in [0.15, 0.2) is 0 Å². The molecule has 2 rings (SSSR count). The third-order valence-corrected chi connectivity index (χ3v) is 4.86. The Kier molecular flexibility index (Phi) is 3.37. The van der Waals surface area contributed by atoms with Crippen LogP contribution < -0.4 is 0 Å². The lowest BCUT2D eigenvalue weighted by molar-refractivity contribution is 0.101. The summed E-state index contributed by atoms with van der Waals surface area (Å²) in [6, 6.07) is 0. The van der Waals surface area contributed by atoms with Crippen LogP contribution in [0.2, 0.25) is 0 Å². The van der Waals surface area contributed by atoms with E-state index in [1.807, 2.05) is 0 Å². The van der Waals surface area contributed by atoms with Crippen LogP contribution in [0.4, 0.5) is 0 Å². The fourth-order valence-electron chi connectivity index (χ4n) is 2.30. The summed E-state index contributed by atoms with van der Waals surface area (Å²) in [6.45, 7) is 0. The van der Waals surface area contributed by atoms with Crippen LogP contribution in [0.3, 0.4) is 0 Å². The molecular weight excluding hydrogens is 230 g/mol. The molecule has 0 saturated heterocycles. The second-order valence-electron chi connectivity index (χ2n) is 4.26. The van der Waals surface area contributed by atoms with Crippen molar-refractivity contribution >= 4 is 16.1 Å². The second kappa shape index (κ2) is 4.61. The molecule has 92 valence electrons. The topological polar surface area (TPSA) is 65.0 Å². The van der Waals surface area contributed by atoms with E-state index in [9.17, 15) is 8.42 Å². The summed E-state index contributed by atoms with van der Waals surface area (Å²) < 4.78 is 37.6. The van der Waals surface area contributed by atoms with Crippen LogP contribution in [0, 0.1) is 0 Å². The van der Waals surface area contributed by atoms with E-state index in [0.29, 0.717) is 6.42 Å². The van der Waals surface area contributed by atoms with E-state index in [1.54, 1.807) is 0 Å². The van der Waals surface area contributed by atoms with Gasteiger partial charge in [-0.3, -0.25) is 0 Å². The van der Waals surface area contributed by atoms with Crippen LogP contribution in [-0.4, -0.2) is 33.0 Å². The average Bonchev–Trinajstić information content (AvgIpc) is 2.18. The summed E-state index contributed by atoms with van der Waals surface area (Å²) in [6.07, 6.45) is 5.21. The minimum atomic E-state index is -3.45. The predicted molar refractivity (Wildman–Crippen MR) is 59.7 cm³/mol. The Labute approximate surface area is 95.9 Å². The van der Waals surface area contributed by atoms with Crippen molar-refractivity contribution in [3.05, 3.63) is 0 Å². The minimum Gasteiger partial charge on any atom is -0.453 e. The van der Waals surface area contributed by atoms with E-state index in [0.717, 1.165) is 32.1 Å². The number of fused-ring (bicyclic) bond motifs is 1. The molecule has 0 aromatic rings. The summed E-state index contributed by atoms with van der Waals surface area (Å²) in [5, 5.41) is -0.480. The van der Waals surface area contributed by atoms with Crippen molar-refractivity contribution < 1.29 is 17.9 Å². The van der Waals surface area contributed by atoms with Crippen molar-refractivity contribution in [2.24, 2.45) is 4.40 Å². The lowest BCUT2D eigenvalue weighted by atomic mass is 9.98. The Balaban J connectivity index is 2.25. The summed E-state index contributed by atoms with van der Waals surface area (Å²) >= 11 is 0. The second-order valence-corrected chi connectivity index (χ2v) is 6.08. The zero-order chi connectivity index (χ0) is 11.6. The van der Waals surface area contributed by atoms with Gasteiger partial charge in [0.1, 0.15) is 11.4 Å². The highest BCUT2D eigenvalue weighted by molar-refractivity contribution is 7.91. The molecule has 0 aromatic carbocycles. The normalized spacial score (nSPS) is 33.7. The van der Waals surface area contributed by atoms with E-state index < -0.39 is 15.3 Å². The van der Waals surface area contributed by atoms with E-state index in [4.69, 9.17) is 9.47 Å². The molecule has 1 heterocycles. The maximum absolute atomic E-state index is 11.9. The van der Waals surface area contributed by atoms with Gasteiger partial charge in [-0.2, -0.15) is 0 Å². The molecule has 0 N–H and O–H groups in total. The molecule has 5 nitrogen and oxygen atoms in total. The molecule has 0 aromatic heterocycles. The Morgan fingerprint density at radius 2 is 1.94 bits per heavy atom. The molecule has 2 aliphatic rings. The van der Waals surface area contributed by atoms with Crippen molar-refractivity contribution in [1.29, 1.82) is 0 Å². The summed E-state index contributed by atoms with van der Waals surface area (Å²) in [5.74, 6) is 0. The van der Waals surface area contributed by atoms with Gasteiger partial charge in [-0.05, 0) is 19.3 Å². The van der Waals surface area contributed by atoms with Gasteiger partial charge in [0.2, 0.25) is 0 Å². The molecule has 6 heteroatoms. The van der Waals surface area contributed by atoms with Crippen LogP contribution in [0.1, 0.15) is 38.5 Å². The van der Waals surface area contributed by atoms with Gasteiger partial charge in [-0.1, -0.05) is 23.7 Å². The van der Waals surface area contributed by atoms with Crippen LogP contribution in [0.15, 0.2) is 4.40 Å². The third kappa shape index (κ3) is 2.31. The highest BCUT2D eigenvalue weighted by Crippen LogP contribution is 2.29. The summed E-state index contributed by atoms with van der Waals surface area (Å²) in [5.41, 5.74) is 0. The molecule has 0 amide bonds. The van der Waals surface area contributed by atoms with Gasteiger partial charge in [0.25, 0.3) is 10.0 Å². The molecule has 0 radical (unpaired) electrons. The fraction of sp³-hybridized carbons (Fsp3) is 0.900. The number of methoxy groups -OCH3 is 1. The summed E-state index contributed by atoms with van der Waals surface area (Å²) in [7, 11) is -2.07. The first-order valence-corrected chi connectivity index (χ1v) is 7.18. The molecule has 1 aliphatic heterocycles. The van der Waals surface area contributed by atoms with Gasteiger partial charge in [0.05, 0.1) is 7.11 Å². The van der Waals surface area contributed by atoms with Crippen LogP contribution in [0.5, 0.6) is 0 Å². The van der Waals surface area contributed by atoms with Crippen molar-refractivity contribution in [1.82, 2.24) is 0 Å². The van der Waals surface area contributed by atoms with Gasteiger partial charge < -0.3 is 9.47 Å². The number of sulfonamides is 1. The lowest BCUT2D eigenvalue weighted by Gasteiger charge is -2.30. The molecule has 16 heavy (non-hydrogen) atoms. The quantitative estimate of drug-likeness (QED) is 0.649. The SMILES string of the molecule is COC1=NS(=O)(=O)[C@@H]2CCCCCC[C@H]2O1. The minimum absolute atomic E-state index is 0.109. The Morgan fingerprint density at radius 1 is 1.25 bits per heavy atom. The number of rotatable bonds is 0.